The van der Waals surface area contributed by atoms with Crippen LogP contribution in [0.2, 0.25) is 0 Å². The van der Waals surface area contributed by atoms with E-state index in [1.165, 1.54) is 24.9 Å². The van der Waals surface area contributed by atoms with Crippen LogP contribution in [0.1, 0.15) is 52.5 Å². The number of ether oxygens (including phenoxy) is 1. The van der Waals surface area contributed by atoms with Gasteiger partial charge in [-0.1, -0.05) is 33.3 Å². The van der Waals surface area contributed by atoms with E-state index in [1.807, 2.05) is 6.07 Å². The number of hydrogen-bond acceptors (Lipinski definition) is 3. The molecule has 1 aromatic rings. The number of benzene rings is 1. The Morgan fingerprint density at radius 2 is 1.95 bits per heavy atom. The van der Waals surface area contributed by atoms with Gasteiger partial charge in [0.2, 0.25) is 0 Å². The summed E-state index contributed by atoms with van der Waals surface area (Å²) in [7, 11) is 0. The first-order valence-corrected chi connectivity index (χ1v) is 8.37. The van der Waals surface area contributed by atoms with Gasteiger partial charge in [-0.3, -0.25) is 0 Å². The van der Waals surface area contributed by atoms with Crippen molar-refractivity contribution in [2.75, 3.05) is 25.4 Å². The van der Waals surface area contributed by atoms with Crippen molar-refractivity contribution in [2.45, 2.75) is 59.4 Å². The van der Waals surface area contributed by atoms with Crippen LogP contribution in [-0.2, 0) is 6.42 Å². The van der Waals surface area contributed by atoms with Crippen molar-refractivity contribution in [3.05, 3.63) is 23.8 Å². The Hall–Kier alpha value is -1.22. The monoisotopic (exact) mass is 292 g/mol. The van der Waals surface area contributed by atoms with E-state index in [4.69, 9.17) is 10.5 Å². The summed E-state index contributed by atoms with van der Waals surface area (Å²) in [6.07, 6.45) is 4.56. The summed E-state index contributed by atoms with van der Waals surface area (Å²) < 4.78 is 5.63. The fraction of sp³-hybridized carbons (Fsp3) is 0.667. The molecule has 0 aliphatic heterocycles. The van der Waals surface area contributed by atoms with E-state index in [-0.39, 0.29) is 0 Å². The standard InChI is InChI=1S/C18H32N2O/c1-5-8-11-20(7-3)15(4)13-16-9-10-18(17(19)14-16)21-12-6-2/h9-10,14-15H,5-8,11-13,19H2,1-4H3. The number of rotatable bonds is 10. The third kappa shape index (κ3) is 5.96. The Bertz CT molecular complexity index is 406. The molecule has 0 aliphatic rings. The quantitative estimate of drug-likeness (QED) is 0.660. The van der Waals surface area contributed by atoms with Crippen molar-refractivity contribution in [1.82, 2.24) is 4.90 Å². The van der Waals surface area contributed by atoms with Gasteiger partial charge < -0.3 is 15.4 Å². The Kier molecular flexibility index (Phi) is 8.21. The van der Waals surface area contributed by atoms with E-state index in [9.17, 15) is 0 Å². The highest BCUT2D eigenvalue weighted by Gasteiger charge is 2.13. The number of unbranched alkanes of at least 4 members (excludes halogenated alkanes) is 1. The molecule has 1 atom stereocenters. The zero-order valence-electron chi connectivity index (χ0n) is 14.2. The molecule has 2 N–H and O–H groups in total. The van der Waals surface area contributed by atoms with Gasteiger partial charge in [0.1, 0.15) is 5.75 Å². The summed E-state index contributed by atoms with van der Waals surface area (Å²) >= 11 is 0. The molecule has 0 aliphatic carbocycles. The van der Waals surface area contributed by atoms with Crippen LogP contribution in [-0.4, -0.2) is 30.6 Å². The molecule has 3 heteroatoms. The highest BCUT2D eigenvalue weighted by Crippen LogP contribution is 2.24. The molecule has 0 amide bonds. The summed E-state index contributed by atoms with van der Waals surface area (Å²) in [5, 5.41) is 0. The molecule has 1 aromatic carbocycles. The van der Waals surface area contributed by atoms with Crippen molar-refractivity contribution < 1.29 is 4.74 Å². The van der Waals surface area contributed by atoms with Crippen LogP contribution in [0.25, 0.3) is 0 Å². The van der Waals surface area contributed by atoms with Gasteiger partial charge >= 0.3 is 0 Å². The average molecular weight is 292 g/mol. The molecule has 1 unspecified atom stereocenters. The fourth-order valence-electron chi connectivity index (χ4n) is 2.59. The molecule has 0 saturated carbocycles. The first-order chi connectivity index (χ1) is 10.1. The second kappa shape index (κ2) is 9.67. The van der Waals surface area contributed by atoms with E-state index in [0.717, 1.165) is 37.4 Å². The van der Waals surface area contributed by atoms with Crippen LogP contribution < -0.4 is 10.5 Å². The van der Waals surface area contributed by atoms with Crippen LogP contribution in [0.4, 0.5) is 5.69 Å². The number of nitrogen functional groups attached to an aromatic ring is 1. The number of anilines is 1. The molecule has 0 saturated heterocycles. The van der Waals surface area contributed by atoms with E-state index in [0.29, 0.717) is 6.04 Å². The molecule has 0 radical (unpaired) electrons. The topological polar surface area (TPSA) is 38.5 Å². The van der Waals surface area contributed by atoms with Crippen LogP contribution in [0.15, 0.2) is 18.2 Å². The molecule has 0 fully saturated rings. The predicted molar refractivity (Wildman–Crippen MR) is 92.0 cm³/mol. The third-order valence-electron chi connectivity index (χ3n) is 3.90. The van der Waals surface area contributed by atoms with Gasteiger partial charge in [0.05, 0.1) is 12.3 Å². The van der Waals surface area contributed by atoms with E-state index in [1.54, 1.807) is 0 Å². The Morgan fingerprint density at radius 1 is 1.19 bits per heavy atom. The van der Waals surface area contributed by atoms with Gasteiger partial charge in [-0.2, -0.15) is 0 Å². The number of hydrogen-bond donors (Lipinski definition) is 1. The van der Waals surface area contributed by atoms with Gasteiger partial charge in [-0.15, -0.1) is 0 Å². The average Bonchev–Trinajstić information content (AvgIpc) is 2.47. The largest absolute Gasteiger partial charge is 0.491 e. The lowest BCUT2D eigenvalue weighted by Gasteiger charge is -2.28. The fourth-order valence-corrected chi connectivity index (χ4v) is 2.59. The van der Waals surface area contributed by atoms with Gasteiger partial charge in [0.15, 0.2) is 0 Å². The van der Waals surface area contributed by atoms with Crippen LogP contribution in [0.3, 0.4) is 0 Å². The van der Waals surface area contributed by atoms with E-state index in [2.05, 4.69) is 44.7 Å². The van der Waals surface area contributed by atoms with Crippen molar-refractivity contribution in [1.29, 1.82) is 0 Å². The van der Waals surface area contributed by atoms with Gasteiger partial charge in [0.25, 0.3) is 0 Å². The minimum Gasteiger partial charge on any atom is -0.491 e. The minimum atomic E-state index is 0.545. The van der Waals surface area contributed by atoms with Gasteiger partial charge in [-0.25, -0.2) is 0 Å². The van der Waals surface area contributed by atoms with E-state index < -0.39 is 0 Å². The normalized spacial score (nSPS) is 12.6. The Labute approximate surface area is 130 Å². The molecular weight excluding hydrogens is 260 g/mol. The second-order valence-corrected chi connectivity index (χ2v) is 5.76. The maximum Gasteiger partial charge on any atom is 0.142 e. The molecule has 0 aromatic heterocycles. The molecule has 1 rings (SSSR count). The maximum atomic E-state index is 6.09. The lowest BCUT2D eigenvalue weighted by Crippen LogP contribution is -2.35. The van der Waals surface area contributed by atoms with Crippen LogP contribution in [0.5, 0.6) is 5.75 Å². The number of nitrogens with zero attached hydrogens (tertiary/aromatic N) is 1. The summed E-state index contributed by atoms with van der Waals surface area (Å²) in [5.74, 6) is 0.812. The van der Waals surface area contributed by atoms with Crippen molar-refractivity contribution in [2.24, 2.45) is 0 Å². The van der Waals surface area contributed by atoms with Crippen molar-refractivity contribution >= 4 is 5.69 Å². The lowest BCUT2D eigenvalue weighted by atomic mass is 10.0. The Balaban J connectivity index is 2.62. The number of nitrogens with two attached hydrogens (primary N) is 1. The zero-order valence-corrected chi connectivity index (χ0v) is 14.2. The van der Waals surface area contributed by atoms with Crippen molar-refractivity contribution in [3.8, 4) is 5.75 Å². The molecule has 120 valence electrons. The summed E-state index contributed by atoms with van der Waals surface area (Å²) in [6, 6.07) is 6.76. The van der Waals surface area contributed by atoms with Gasteiger partial charge in [-0.05, 0) is 57.0 Å². The third-order valence-corrected chi connectivity index (χ3v) is 3.90. The van der Waals surface area contributed by atoms with Gasteiger partial charge in [0, 0.05) is 6.04 Å². The zero-order chi connectivity index (χ0) is 15.7. The molecule has 21 heavy (non-hydrogen) atoms. The molecule has 0 spiro atoms. The highest BCUT2D eigenvalue weighted by atomic mass is 16.5. The summed E-state index contributed by atoms with van der Waals surface area (Å²) in [5.41, 5.74) is 8.13. The number of likely N-dealkylation sites (N-methyl/N-ethyl adjacent to an activating group) is 1. The van der Waals surface area contributed by atoms with Crippen molar-refractivity contribution in [3.63, 3.8) is 0 Å². The highest BCUT2D eigenvalue weighted by molar-refractivity contribution is 5.54. The smallest absolute Gasteiger partial charge is 0.142 e. The summed E-state index contributed by atoms with van der Waals surface area (Å²) in [6.45, 7) is 11.9. The van der Waals surface area contributed by atoms with Crippen LogP contribution in [0, 0.1) is 0 Å². The molecular formula is C18H32N2O. The minimum absolute atomic E-state index is 0.545. The lowest BCUT2D eigenvalue weighted by molar-refractivity contribution is 0.215. The molecule has 0 heterocycles. The first kappa shape index (κ1) is 17.8. The second-order valence-electron chi connectivity index (χ2n) is 5.76. The van der Waals surface area contributed by atoms with E-state index >= 15 is 0 Å². The first-order valence-electron chi connectivity index (χ1n) is 8.37. The molecule has 3 nitrogen and oxygen atoms in total. The SMILES string of the molecule is CCCCN(CC)C(C)Cc1ccc(OCCC)c(N)c1. The summed E-state index contributed by atoms with van der Waals surface area (Å²) in [4.78, 5) is 2.54. The predicted octanol–water partition coefficient (Wildman–Crippen LogP) is 4.11. The Morgan fingerprint density at radius 3 is 2.52 bits per heavy atom. The molecule has 0 bridgehead atoms. The maximum absolute atomic E-state index is 6.09. The van der Waals surface area contributed by atoms with Crippen LogP contribution >= 0.6 is 0 Å².